The molecule has 4 heteroatoms. The highest BCUT2D eigenvalue weighted by Crippen LogP contribution is 2.25. The predicted molar refractivity (Wildman–Crippen MR) is 53.7 cm³/mol. The summed E-state index contributed by atoms with van der Waals surface area (Å²) < 4.78 is 5.57. The van der Waals surface area contributed by atoms with Gasteiger partial charge in [0.1, 0.15) is 4.88 Å². The van der Waals surface area contributed by atoms with Crippen molar-refractivity contribution in [3.63, 3.8) is 0 Å². The van der Waals surface area contributed by atoms with Crippen LogP contribution in [-0.2, 0) is 11.3 Å². The van der Waals surface area contributed by atoms with Crippen LogP contribution in [0, 0.1) is 0 Å². The maximum atomic E-state index is 10.6. The second-order valence-corrected chi connectivity index (χ2v) is 4.60. The first-order chi connectivity index (χ1) is 6.75. The van der Waals surface area contributed by atoms with Gasteiger partial charge < -0.3 is 9.84 Å². The van der Waals surface area contributed by atoms with Crippen molar-refractivity contribution in [1.29, 1.82) is 0 Å². The van der Waals surface area contributed by atoms with Gasteiger partial charge in [0.15, 0.2) is 0 Å². The Bertz CT molecular complexity index is 328. The number of hydrogen-bond acceptors (Lipinski definition) is 3. The molecule has 0 bridgehead atoms. The van der Waals surface area contributed by atoms with Crippen LogP contribution in [0.1, 0.15) is 33.8 Å². The van der Waals surface area contributed by atoms with E-state index >= 15 is 0 Å². The Balaban J connectivity index is 1.86. The summed E-state index contributed by atoms with van der Waals surface area (Å²) in [6.07, 6.45) is 3.97. The minimum atomic E-state index is -0.857. The van der Waals surface area contributed by atoms with Crippen LogP contribution in [-0.4, -0.2) is 17.2 Å². The summed E-state index contributed by atoms with van der Waals surface area (Å²) in [4.78, 5) is 12.0. The molecule has 1 aromatic heterocycles. The van der Waals surface area contributed by atoms with Crippen LogP contribution in [0.5, 0.6) is 0 Å². The Morgan fingerprint density at radius 3 is 2.86 bits per heavy atom. The van der Waals surface area contributed by atoms with Gasteiger partial charge in [-0.05, 0) is 31.4 Å². The monoisotopic (exact) mass is 212 g/mol. The van der Waals surface area contributed by atoms with Gasteiger partial charge >= 0.3 is 5.97 Å². The molecular weight excluding hydrogens is 200 g/mol. The fourth-order valence-corrected chi connectivity index (χ4v) is 2.08. The SMILES string of the molecule is O=C(O)c1ccc(COC2CCC2)s1. The number of rotatable bonds is 4. The molecule has 1 N–H and O–H groups in total. The number of ether oxygens (including phenoxy) is 1. The summed E-state index contributed by atoms with van der Waals surface area (Å²) in [6.45, 7) is 0.558. The van der Waals surface area contributed by atoms with Crippen LogP contribution in [0.2, 0.25) is 0 Å². The summed E-state index contributed by atoms with van der Waals surface area (Å²) in [7, 11) is 0. The second kappa shape index (κ2) is 4.11. The lowest BCUT2D eigenvalue weighted by atomic mass is 9.96. The molecule has 76 valence electrons. The lowest BCUT2D eigenvalue weighted by molar-refractivity contribution is -0.00744. The van der Waals surface area contributed by atoms with E-state index in [2.05, 4.69) is 0 Å². The minimum Gasteiger partial charge on any atom is -0.477 e. The third kappa shape index (κ3) is 2.13. The van der Waals surface area contributed by atoms with Gasteiger partial charge in [0.05, 0.1) is 12.7 Å². The molecule has 1 aliphatic carbocycles. The Labute approximate surface area is 86.3 Å². The van der Waals surface area contributed by atoms with Crippen LogP contribution in [0.25, 0.3) is 0 Å². The highest BCUT2D eigenvalue weighted by molar-refractivity contribution is 7.13. The van der Waals surface area contributed by atoms with Crippen molar-refractivity contribution >= 4 is 17.3 Å². The highest BCUT2D eigenvalue weighted by Gasteiger charge is 2.18. The predicted octanol–water partition coefficient (Wildman–Crippen LogP) is 2.52. The molecule has 0 saturated heterocycles. The zero-order valence-corrected chi connectivity index (χ0v) is 8.55. The number of aromatic carboxylic acids is 1. The fraction of sp³-hybridized carbons (Fsp3) is 0.500. The van der Waals surface area contributed by atoms with E-state index < -0.39 is 5.97 Å². The number of carboxylic acids is 1. The average Bonchev–Trinajstić information content (AvgIpc) is 2.50. The zero-order chi connectivity index (χ0) is 9.97. The number of hydrogen-bond donors (Lipinski definition) is 1. The molecule has 0 unspecified atom stereocenters. The van der Waals surface area contributed by atoms with Gasteiger partial charge in [-0.3, -0.25) is 0 Å². The molecule has 14 heavy (non-hydrogen) atoms. The zero-order valence-electron chi connectivity index (χ0n) is 7.73. The summed E-state index contributed by atoms with van der Waals surface area (Å²) >= 11 is 1.29. The van der Waals surface area contributed by atoms with E-state index in [4.69, 9.17) is 9.84 Å². The molecule has 1 aliphatic rings. The van der Waals surface area contributed by atoms with Gasteiger partial charge in [0.25, 0.3) is 0 Å². The lowest BCUT2D eigenvalue weighted by Crippen LogP contribution is -2.20. The molecule has 1 heterocycles. The first-order valence-corrected chi connectivity index (χ1v) is 5.51. The van der Waals surface area contributed by atoms with Crippen LogP contribution in [0.3, 0.4) is 0 Å². The first kappa shape index (κ1) is 9.68. The third-order valence-corrected chi connectivity index (χ3v) is 3.43. The van der Waals surface area contributed by atoms with E-state index in [1.807, 2.05) is 6.07 Å². The van der Waals surface area contributed by atoms with Crippen LogP contribution in [0.4, 0.5) is 0 Å². The molecular formula is C10H12O3S. The summed E-state index contributed by atoms with van der Waals surface area (Å²) in [5, 5.41) is 8.70. The van der Waals surface area contributed by atoms with Gasteiger partial charge in [-0.15, -0.1) is 11.3 Å². The average molecular weight is 212 g/mol. The maximum absolute atomic E-state index is 10.6. The van der Waals surface area contributed by atoms with Crippen LogP contribution in [0.15, 0.2) is 12.1 Å². The van der Waals surface area contributed by atoms with E-state index in [1.165, 1.54) is 17.8 Å². The topological polar surface area (TPSA) is 46.5 Å². The number of thiophene rings is 1. The Morgan fingerprint density at radius 1 is 1.57 bits per heavy atom. The van der Waals surface area contributed by atoms with Crippen molar-refractivity contribution in [2.75, 3.05) is 0 Å². The van der Waals surface area contributed by atoms with Crippen LogP contribution < -0.4 is 0 Å². The molecule has 3 nitrogen and oxygen atoms in total. The molecule has 2 rings (SSSR count). The summed E-state index contributed by atoms with van der Waals surface area (Å²) in [5.74, 6) is -0.857. The first-order valence-electron chi connectivity index (χ1n) is 4.69. The summed E-state index contributed by atoms with van der Waals surface area (Å²) in [5.41, 5.74) is 0. The smallest absolute Gasteiger partial charge is 0.345 e. The van der Waals surface area contributed by atoms with Crippen molar-refractivity contribution in [3.05, 3.63) is 21.9 Å². The molecule has 0 atom stereocenters. The van der Waals surface area contributed by atoms with Gasteiger partial charge in [0, 0.05) is 4.88 Å². The quantitative estimate of drug-likeness (QED) is 0.834. The molecule has 0 radical (unpaired) electrons. The Kier molecular flexibility index (Phi) is 2.84. The van der Waals surface area contributed by atoms with Crippen molar-refractivity contribution in [2.24, 2.45) is 0 Å². The Morgan fingerprint density at radius 2 is 2.36 bits per heavy atom. The number of carbonyl (C=O) groups is 1. The Hall–Kier alpha value is -0.870. The van der Waals surface area contributed by atoms with Gasteiger partial charge in [-0.25, -0.2) is 4.79 Å². The molecule has 1 saturated carbocycles. The fourth-order valence-electron chi connectivity index (χ4n) is 1.31. The maximum Gasteiger partial charge on any atom is 0.345 e. The van der Waals surface area contributed by atoms with Gasteiger partial charge in [0.2, 0.25) is 0 Å². The van der Waals surface area contributed by atoms with E-state index in [0.717, 1.165) is 17.7 Å². The molecule has 0 spiro atoms. The molecule has 0 amide bonds. The lowest BCUT2D eigenvalue weighted by Gasteiger charge is -2.25. The third-order valence-electron chi connectivity index (χ3n) is 2.39. The van der Waals surface area contributed by atoms with E-state index in [-0.39, 0.29) is 0 Å². The number of carboxylic acid groups (broad SMARTS) is 1. The van der Waals surface area contributed by atoms with Gasteiger partial charge in [-0.1, -0.05) is 0 Å². The molecule has 0 aliphatic heterocycles. The van der Waals surface area contributed by atoms with Crippen molar-refractivity contribution in [1.82, 2.24) is 0 Å². The minimum absolute atomic E-state index is 0.386. The van der Waals surface area contributed by atoms with E-state index in [9.17, 15) is 4.79 Å². The van der Waals surface area contributed by atoms with Crippen LogP contribution >= 0.6 is 11.3 Å². The van der Waals surface area contributed by atoms with E-state index in [1.54, 1.807) is 6.07 Å². The summed E-state index contributed by atoms with van der Waals surface area (Å²) in [6, 6.07) is 3.46. The standard InChI is InChI=1S/C10H12O3S/c11-10(12)9-5-4-8(14-9)6-13-7-2-1-3-7/h4-5,7H,1-3,6H2,(H,11,12). The van der Waals surface area contributed by atoms with Crippen molar-refractivity contribution < 1.29 is 14.6 Å². The molecule has 0 aromatic carbocycles. The molecule has 1 aromatic rings. The largest absolute Gasteiger partial charge is 0.477 e. The van der Waals surface area contributed by atoms with Crippen molar-refractivity contribution in [3.8, 4) is 0 Å². The molecule has 1 fully saturated rings. The second-order valence-electron chi connectivity index (χ2n) is 3.44. The van der Waals surface area contributed by atoms with Gasteiger partial charge in [-0.2, -0.15) is 0 Å². The highest BCUT2D eigenvalue weighted by atomic mass is 32.1. The van der Waals surface area contributed by atoms with E-state index in [0.29, 0.717) is 17.6 Å². The normalized spacial score (nSPS) is 16.6. The van der Waals surface area contributed by atoms with Crippen molar-refractivity contribution in [2.45, 2.75) is 32.0 Å².